The molecule has 1 aromatic carbocycles. The highest BCUT2D eigenvalue weighted by Gasteiger charge is 2.15. The van der Waals surface area contributed by atoms with Crippen molar-refractivity contribution in [2.75, 3.05) is 44.4 Å². The second kappa shape index (κ2) is 9.04. The van der Waals surface area contributed by atoms with Crippen molar-refractivity contribution in [3.63, 3.8) is 0 Å². The second-order valence-corrected chi connectivity index (χ2v) is 6.53. The maximum atomic E-state index is 12.2. The molecule has 1 saturated carbocycles. The Hall–Kier alpha value is -1.59. The first kappa shape index (κ1) is 17.2. The molecule has 1 amide bonds. The summed E-state index contributed by atoms with van der Waals surface area (Å²) in [5, 5.41) is 2.97. The van der Waals surface area contributed by atoms with Gasteiger partial charge in [-0.05, 0) is 43.5 Å². The number of hydrogen-bond donors (Lipinski definition) is 1. The third-order valence-corrected chi connectivity index (χ3v) is 4.77. The lowest BCUT2D eigenvalue weighted by atomic mass is 10.1. The predicted molar refractivity (Wildman–Crippen MR) is 94.6 cm³/mol. The summed E-state index contributed by atoms with van der Waals surface area (Å²) in [6, 6.07) is 7.83. The van der Waals surface area contributed by atoms with Crippen molar-refractivity contribution < 1.29 is 14.3 Å². The molecule has 3 rings (SSSR count). The van der Waals surface area contributed by atoms with E-state index in [1.807, 2.05) is 24.3 Å². The Labute approximate surface area is 144 Å². The number of benzene rings is 1. The molecule has 0 bridgehead atoms. The van der Waals surface area contributed by atoms with Gasteiger partial charge in [0.05, 0.1) is 19.3 Å². The predicted octanol–water partition coefficient (Wildman–Crippen LogP) is 2.60. The normalized spacial score (nSPS) is 18.8. The molecule has 1 N–H and O–H groups in total. The van der Waals surface area contributed by atoms with Crippen LogP contribution < -0.4 is 10.2 Å². The van der Waals surface area contributed by atoms with Gasteiger partial charge in [0.1, 0.15) is 0 Å². The first-order valence-corrected chi connectivity index (χ1v) is 9.15. The summed E-state index contributed by atoms with van der Waals surface area (Å²) in [6.07, 6.45) is 6.30. The Morgan fingerprint density at radius 3 is 2.58 bits per heavy atom. The summed E-state index contributed by atoms with van der Waals surface area (Å²) in [5.41, 5.74) is 1.86. The van der Waals surface area contributed by atoms with Gasteiger partial charge in [0, 0.05) is 37.5 Å². The third kappa shape index (κ3) is 4.95. The molecule has 1 aliphatic heterocycles. The second-order valence-electron chi connectivity index (χ2n) is 6.53. The highest BCUT2D eigenvalue weighted by Crippen LogP contribution is 2.20. The van der Waals surface area contributed by atoms with E-state index in [-0.39, 0.29) is 5.91 Å². The van der Waals surface area contributed by atoms with E-state index in [1.54, 1.807) is 0 Å². The molecule has 5 heteroatoms. The number of rotatable bonds is 7. The smallest absolute Gasteiger partial charge is 0.251 e. The first-order chi connectivity index (χ1) is 11.8. The van der Waals surface area contributed by atoms with E-state index >= 15 is 0 Å². The van der Waals surface area contributed by atoms with Gasteiger partial charge < -0.3 is 19.7 Å². The van der Waals surface area contributed by atoms with Crippen LogP contribution >= 0.6 is 0 Å². The molecular formula is C19H28N2O3. The van der Waals surface area contributed by atoms with Crippen LogP contribution in [0.1, 0.15) is 42.5 Å². The van der Waals surface area contributed by atoms with E-state index in [0.717, 1.165) is 45.0 Å². The zero-order valence-electron chi connectivity index (χ0n) is 14.3. The van der Waals surface area contributed by atoms with Crippen molar-refractivity contribution in [1.82, 2.24) is 5.32 Å². The molecule has 0 spiro atoms. The fourth-order valence-corrected chi connectivity index (χ4v) is 3.33. The van der Waals surface area contributed by atoms with E-state index in [1.165, 1.54) is 25.7 Å². The highest BCUT2D eigenvalue weighted by molar-refractivity contribution is 5.94. The fourth-order valence-electron chi connectivity index (χ4n) is 3.33. The molecule has 1 heterocycles. The number of carbonyl (C=O) groups excluding carboxylic acids is 1. The fraction of sp³-hybridized carbons (Fsp3) is 0.632. The Kier molecular flexibility index (Phi) is 6.49. The van der Waals surface area contributed by atoms with Gasteiger partial charge in [-0.25, -0.2) is 0 Å². The average Bonchev–Trinajstić information content (AvgIpc) is 3.16. The number of nitrogens with one attached hydrogen (secondary N) is 1. The Morgan fingerprint density at radius 1 is 1.17 bits per heavy atom. The molecule has 0 aromatic heterocycles. The van der Waals surface area contributed by atoms with Crippen LogP contribution in [0.3, 0.4) is 0 Å². The van der Waals surface area contributed by atoms with Gasteiger partial charge in [-0.1, -0.05) is 12.8 Å². The zero-order chi connectivity index (χ0) is 16.6. The SMILES string of the molecule is O=C(NCCCOC1CCCC1)c1ccc(N2CCOCC2)cc1. The quantitative estimate of drug-likeness (QED) is 0.780. The van der Waals surface area contributed by atoms with Crippen LogP contribution in [-0.4, -0.2) is 51.5 Å². The highest BCUT2D eigenvalue weighted by atomic mass is 16.5. The number of carbonyl (C=O) groups is 1. The number of anilines is 1. The summed E-state index contributed by atoms with van der Waals surface area (Å²) in [4.78, 5) is 14.4. The molecule has 2 fully saturated rings. The van der Waals surface area contributed by atoms with Crippen LogP contribution in [0.25, 0.3) is 0 Å². The molecule has 132 valence electrons. The Morgan fingerprint density at radius 2 is 1.88 bits per heavy atom. The van der Waals surface area contributed by atoms with Crippen LogP contribution in [0.4, 0.5) is 5.69 Å². The van der Waals surface area contributed by atoms with E-state index < -0.39 is 0 Å². The lowest BCUT2D eigenvalue weighted by molar-refractivity contribution is 0.0565. The summed E-state index contributed by atoms with van der Waals surface area (Å²) in [6.45, 7) is 4.76. The summed E-state index contributed by atoms with van der Waals surface area (Å²) >= 11 is 0. The molecule has 0 atom stereocenters. The molecule has 5 nitrogen and oxygen atoms in total. The van der Waals surface area contributed by atoms with Gasteiger partial charge in [-0.15, -0.1) is 0 Å². The molecular weight excluding hydrogens is 304 g/mol. The number of nitrogens with zero attached hydrogens (tertiary/aromatic N) is 1. The summed E-state index contributed by atoms with van der Waals surface area (Å²) in [5.74, 6) is -0.00982. The van der Waals surface area contributed by atoms with Crippen molar-refractivity contribution in [2.24, 2.45) is 0 Å². The van der Waals surface area contributed by atoms with Crippen LogP contribution in [0.15, 0.2) is 24.3 Å². The van der Waals surface area contributed by atoms with Crippen molar-refractivity contribution in [1.29, 1.82) is 0 Å². The van der Waals surface area contributed by atoms with Crippen molar-refractivity contribution in [2.45, 2.75) is 38.2 Å². The zero-order valence-corrected chi connectivity index (χ0v) is 14.3. The van der Waals surface area contributed by atoms with Crippen LogP contribution in [-0.2, 0) is 9.47 Å². The van der Waals surface area contributed by atoms with Gasteiger partial charge in [0.25, 0.3) is 5.91 Å². The molecule has 0 radical (unpaired) electrons. The van der Waals surface area contributed by atoms with E-state index in [9.17, 15) is 4.79 Å². The van der Waals surface area contributed by atoms with Crippen LogP contribution in [0.5, 0.6) is 0 Å². The van der Waals surface area contributed by atoms with Crippen LogP contribution in [0.2, 0.25) is 0 Å². The van der Waals surface area contributed by atoms with Gasteiger partial charge >= 0.3 is 0 Å². The molecule has 24 heavy (non-hydrogen) atoms. The van der Waals surface area contributed by atoms with E-state index in [2.05, 4.69) is 10.2 Å². The van der Waals surface area contributed by atoms with E-state index in [4.69, 9.17) is 9.47 Å². The largest absolute Gasteiger partial charge is 0.378 e. The molecule has 1 aliphatic carbocycles. The lowest BCUT2D eigenvalue weighted by Gasteiger charge is -2.28. The number of amides is 1. The summed E-state index contributed by atoms with van der Waals surface area (Å²) in [7, 11) is 0. The van der Waals surface area contributed by atoms with Gasteiger partial charge in [-0.3, -0.25) is 4.79 Å². The molecule has 1 aromatic rings. The minimum atomic E-state index is -0.00982. The lowest BCUT2D eigenvalue weighted by Crippen LogP contribution is -2.36. The Balaban J connectivity index is 1.36. The topological polar surface area (TPSA) is 50.8 Å². The molecule has 2 aliphatic rings. The maximum Gasteiger partial charge on any atom is 0.251 e. The molecule has 0 unspecified atom stereocenters. The molecule has 1 saturated heterocycles. The number of hydrogen-bond acceptors (Lipinski definition) is 4. The van der Waals surface area contributed by atoms with E-state index in [0.29, 0.717) is 18.2 Å². The minimum Gasteiger partial charge on any atom is -0.378 e. The van der Waals surface area contributed by atoms with Gasteiger partial charge in [0.15, 0.2) is 0 Å². The average molecular weight is 332 g/mol. The number of morpholine rings is 1. The van der Waals surface area contributed by atoms with Crippen LogP contribution in [0, 0.1) is 0 Å². The third-order valence-electron chi connectivity index (χ3n) is 4.77. The standard InChI is InChI=1S/C19H28N2O3/c22-19(20-10-3-13-24-18-4-1-2-5-18)16-6-8-17(9-7-16)21-11-14-23-15-12-21/h6-9,18H,1-5,10-15H2,(H,20,22). The van der Waals surface area contributed by atoms with Crippen molar-refractivity contribution in [3.8, 4) is 0 Å². The summed E-state index contributed by atoms with van der Waals surface area (Å²) < 4.78 is 11.2. The first-order valence-electron chi connectivity index (χ1n) is 9.15. The Bertz CT molecular complexity index is 506. The van der Waals surface area contributed by atoms with Crippen molar-refractivity contribution in [3.05, 3.63) is 29.8 Å². The van der Waals surface area contributed by atoms with Crippen molar-refractivity contribution >= 4 is 11.6 Å². The van der Waals surface area contributed by atoms with Gasteiger partial charge in [-0.2, -0.15) is 0 Å². The minimum absolute atomic E-state index is 0.00982. The monoisotopic (exact) mass is 332 g/mol. The number of ether oxygens (including phenoxy) is 2. The maximum absolute atomic E-state index is 12.2. The van der Waals surface area contributed by atoms with Gasteiger partial charge in [0.2, 0.25) is 0 Å².